The predicted molar refractivity (Wildman–Crippen MR) is 181 cm³/mol. The van der Waals surface area contributed by atoms with Gasteiger partial charge in [-0.2, -0.15) is 0 Å². The Hall–Kier alpha value is -2.29. The molecule has 1 radical (unpaired) electrons. The molecule has 0 aliphatic rings. The van der Waals surface area contributed by atoms with E-state index in [2.05, 4.69) is 80.5 Å². The van der Waals surface area contributed by atoms with Crippen molar-refractivity contribution < 1.29 is 34.1 Å². The molecule has 1 aromatic heterocycles. The summed E-state index contributed by atoms with van der Waals surface area (Å²) in [5, 5.41) is 11.3. The summed E-state index contributed by atoms with van der Waals surface area (Å²) in [6, 6.07) is 17.5. The molecule has 239 valence electrons. The van der Waals surface area contributed by atoms with Crippen LogP contribution in [0.5, 0.6) is 0 Å². The maximum atomic E-state index is 12.3. The molecule has 0 saturated carbocycles. The Morgan fingerprint density at radius 2 is 1.49 bits per heavy atom. The molecule has 3 aromatic rings. The van der Waals surface area contributed by atoms with Crippen LogP contribution < -0.4 is 0 Å². The van der Waals surface area contributed by atoms with Crippen molar-refractivity contribution in [2.75, 3.05) is 0 Å². The number of benzene rings is 2. The van der Waals surface area contributed by atoms with Gasteiger partial charge in [-0.25, -0.2) is 0 Å². The Morgan fingerprint density at radius 3 is 2.00 bits per heavy atom. The van der Waals surface area contributed by atoms with Crippen molar-refractivity contribution in [3.63, 3.8) is 0 Å². The molecule has 3 rings (SSSR count). The van der Waals surface area contributed by atoms with Crippen LogP contribution in [0.1, 0.15) is 96.9 Å². The molecule has 1 heterocycles. The third-order valence-corrected chi connectivity index (χ3v) is 7.69. The van der Waals surface area contributed by atoms with E-state index in [9.17, 15) is 9.90 Å². The first-order valence-corrected chi connectivity index (χ1v) is 15.5. The first-order chi connectivity index (χ1) is 20.7. The molecule has 3 nitrogen and oxygen atoms in total. The van der Waals surface area contributed by atoms with Gasteiger partial charge in [0.2, 0.25) is 0 Å². The molecule has 2 aromatic carbocycles. The molecule has 0 unspecified atom stereocenters. The van der Waals surface area contributed by atoms with Crippen LogP contribution in [0.3, 0.4) is 0 Å². The monoisotopic (exact) mass is 766 g/mol. The molecule has 4 heteroatoms. The maximum absolute atomic E-state index is 12.3. The van der Waals surface area contributed by atoms with Crippen molar-refractivity contribution in [2.24, 2.45) is 40.9 Å². The van der Waals surface area contributed by atoms with E-state index in [1.54, 1.807) is 13.8 Å². The maximum Gasteiger partial charge on any atom is 0.162 e. The molecule has 0 spiro atoms. The normalized spacial score (nSPS) is 13.7. The van der Waals surface area contributed by atoms with Gasteiger partial charge >= 0.3 is 0 Å². The zero-order chi connectivity index (χ0) is 34.4. The molecule has 1 N–H and O–H groups in total. The van der Waals surface area contributed by atoms with Crippen LogP contribution in [0.25, 0.3) is 22.2 Å². The summed E-state index contributed by atoms with van der Waals surface area (Å²) in [4.78, 5) is 17.2. The van der Waals surface area contributed by atoms with Gasteiger partial charge in [0.05, 0.1) is 11.3 Å². The van der Waals surface area contributed by atoms with Gasteiger partial charge < -0.3 is 5.11 Å². The van der Waals surface area contributed by atoms with Crippen molar-refractivity contribution >= 4 is 16.7 Å². The van der Waals surface area contributed by atoms with Gasteiger partial charge in [0.15, 0.2) is 5.78 Å². The minimum Gasteiger partial charge on any atom is -0.512 e. The van der Waals surface area contributed by atoms with E-state index < -0.39 is 12.3 Å². The number of carbonyl (C=O) groups excluding carboxylic acids is 1. The summed E-state index contributed by atoms with van der Waals surface area (Å²) in [5.41, 5.74) is 5.09. The van der Waals surface area contributed by atoms with E-state index in [0.717, 1.165) is 38.9 Å². The van der Waals surface area contributed by atoms with Crippen molar-refractivity contribution in [1.29, 1.82) is 0 Å². The van der Waals surface area contributed by atoms with Crippen molar-refractivity contribution in [3.05, 3.63) is 77.1 Å². The Labute approximate surface area is 280 Å². The van der Waals surface area contributed by atoms with Gasteiger partial charge in [-0.1, -0.05) is 114 Å². The van der Waals surface area contributed by atoms with Crippen molar-refractivity contribution in [2.45, 2.75) is 96.4 Å². The van der Waals surface area contributed by atoms with E-state index in [0.29, 0.717) is 30.1 Å². The number of aliphatic hydroxyl groups excluding tert-OH is 1. The molecular weight excluding hydrogens is 707 g/mol. The van der Waals surface area contributed by atoms with Gasteiger partial charge in [-0.3, -0.25) is 9.78 Å². The molecule has 0 bridgehead atoms. The van der Waals surface area contributed by atoms with Crippen LogP contribution in [0.4, 0.5) is 0 Å². The minimum atomic E-state index is -2.02. The van der Waals surface area contributed by atoms with Gasteiger partial charge in [0.25, 0.3) is 0 Å². The first-order valence-electron chi connectivity index (χ1n) is 17.0. The van der Waals surface area contributed by atoms with Crippen LogP contribution >= 0.6 is 0 Å². The second-order valence-corrected chi connectivity index (χ2v) is 14.0. The van der Waals surface area contributed by atoms with Crippen molar-refractivity contribution in [3.8, 4) is 11.3 Å². The second-order valence-electron chi connectivity index (χ2n) is 14.0. The van der Waals surface area contributed by atoms with Crippen molar-refractivity contribution in [1.82, 2.24) is 4.98 Å². The number of para-hydroxylation sites is 1. The number of hydrogen-bond donors (Lipinski definition) is 1. The summed E-state index contributed by atoms with van der Waals surface area (Å²) in [6.07, 6.45) is 1.94. The quantitative estimate of drug-likeness (QED) is 0.134. The number of rotatable bonds is 9. The average Bonchev–Trinajstić information content (AvgIpc) is 2.86. The number of aliphatic hydroxyl groups is 1. The van der Waals surface area contributed by atoms with Crippen LogP contribution in [0, 0.1) is 60.8 Å². The number of aryl methyl sites for hydroxylation is 2. The van der Waals surface area contributed by atoms with Gasteiger partial charge in [-0.15, -0.1) is 34.9 Å². The fraction of sp³-hybridized carbons (Fsp3) is 0.538. The number of nitrogens with zero attached hydrogens (tertiary/aromatic N) is 1. The minimum absolute atomic E-state index is 0. The van der Waals surface area contributed by atoms with Crippen LogP contribution in [0.15, 0.2) is 54.3 Å². The Balaban J connectivity index is 0.000000475. The van der Waals surface area contributed by atoms with Gasteiger partial charge in [-0.05, 0) is 52.8 Å². The van der Waals surface area contributed by atoms with Crippen LogP contribution in [-0.2, 0) is 31.3 Å². The average molecular weight is 766 g/mol. The zero-order valence-electron chi connectivity index (χ0n) is 31.4. The van der Waals surface area contributed by atoms with Gasteiger partial charge in [0, 0.05) is 47.5 Å². The standard InChI is InChI=1S/C22H24N.C17H32O2.Ir/c1-15-10-16(2)12-17(11-15)21-13-18(14-22(3,4)5)19-8-6-7-9-20(19)23-21;1-10(2)16(11(3)4)14(18)9-15(19)17(12(5)6)13(7)8;/h6-11,13H,14H2,1-5H3;9-13,16-18H,1-8H3;/q-1;;/b;14-9-;/i3D3;;. The molecular formula is C39H56IrNO2-. The molecule has 0 aliphatic heterocycles. The Kier molecular flexibility index (Phi) is 13.0. The number of ketones is 1. The number of hydrogen-bond acceptors (Lipinski definition) is 3. The van der Waals surface area contributed by atoms with E-state index in [1.165, 1.54) is 6.08 Å². The molecule has 0 fully saturated rings. The topological polar surface area (TPSA) is 50.2 Å². The fourth-order valence-corrected chi connectivity index (χ4v) is 6.26. The number of pyridine rings is 1. The molecule has 0 amide bonds. The van der Waals surface area contributed by atoms with E-state index in [4.69, 9.17) is 9.10 Å². The van der Waals surface area contributed by atoms with Gasteiger partial charge in [0.1, 0.15) is 0 Å². The van der Waals surface area contributed by atoms with E-state index >= 15 is 0 Å². The molecule has 0 aliphatic carbocycles. The molecule has 43 heavy (non-hydrogen) atoms. The predicted octanol–water partition coefficient (Wildman–Crippen LogP) is 10.8. The zero-order valence-corrected chi connectivity index (χ0v) is 30.8. The molecule has 0 saturated heterocycles. The summed E-state index contributed by atoms with van der Waals surface area (Å²) in [6.45, 7) is 22.3. The first kappa shape index (κ1) is 33.6. The molecule has 0 atom stereocenters. The number of carbonyl (C=O) groups is 1. The Morgan fingerprint density at radius 1 is 0.930 bits per heavy atom. The second kappa shape index (κ2) is 16.7. The smallest absolute Gasteiger partial charge is 0.162 e. The third-order valence-electron chi connectivity index (χ3n) is 7.69. The largest absolute Gasteiger partial charge is 0.512 e. The summed E-state index contributed by atoms with van der Waals surface area (Å²) < 4.78 is 23.6. The third kappa shape index (κ3) is 11.6. The van der Waals surface area contributed by atoms with E-state index in [-0.39, 0.29) is 43.5 Å². The number of allylic oxidation sites excluding steroid dienone is 2. The Bertz CT molecular complexity index is 1440. The number of fused-ring (bicyclic) bond motifs is 1. The van der Waals surface area contributed by atoms with Crippen LogP contribution in [0.2, 0.25) is 0 Å². The summed E-state index contributed by atoms with van der Waals surface area (Å²) in [7, 11) is 0. The number of aromatic nitrogens is 1. The fourth-order valence-electron chi connectivity index (χ4n) is 6.26. The summed E-state index contributed by atoms with van der Waals surface area (Å²) >= 11 is 0. The summed E-state index contributed by atoms with van der Waals surface area (Å²) in [5.74, 6) is 1.63. The van der Waals surface area contributed by atoms with E-state index in [1.807, 2.05) is 37.3 Å². The van der Waals surface area contributed by atoms with Crippen LogP contribution in [-0.4, -0.2) is 15.9 Å². The SMILES string of the molecule is CC(C)C(C(=O)/C=C(\O)C(C(C)C)C(C)C)C(C)C.[2H]C([2H])([2H])C(C)(C)Cc1cc(-c2[c-]c(C)cc(C)c2)nc2ccccc12.[Ir].